The predicted octanol–water partition coefficient (Wildman–Crippen LogP) is 2.92. The number of methoxy groups -OCH3 is 1. The van der Waals surface area contributed by atoms with Crippen molar-refractivity contribution in [1.82, 2.24) is 0 Å². The summed E-state index contributed by atoms with van der Waals surface area (Å²) in [6.45, 7) is 1.94. The fourth-order valence-corrected chi connectivity index (χ4v) is 3.28. The van der Waals surface area contributed by atoms with Crippen LogP contribution in [0.2, 0.25) is 0 Å². The highest BCUT2D eigenvalue weighted by Crippen LogP contribution is 2.33. The third-order valence-corrected chi connectivity index (χ3v) is 4.76. The summed E-state index contributed by atoms with van der Waals surface area (Å²) < 4.78 is 17.1. The number of hydrogen-bond acceptors (Lipinski definition) is 4. The lowest BCUT2D eigenvalue weighted by molar-refractivity contribution is -0.0308. The molecular weight excluding hydrogens is 306 g/mol. The Morgan fingerprint density at radius 1 is 1.17 bits per heavy atom. The summed E-state index contributed by atoms with van der Waals surface area (Å²) in [6.07, 6.45) is 6.65. The van der Waals surface area contributed by atoms with E-state index in [4.69, 9.17) is 19.9 Å². The van der Waals surface area contributed by atoms with Gasteiger partial charge in [-0.2, -0.15) is 0 Å². The maximum Gasteiger partial charge on any atom is 0.193 e. The van der Waals surface area contributed by atoms with Crippen molar-refractivity contribution in [2.45, 2.75) is 44.1 Å². The summed E-state index contributed by atoms with van der Waals surface area (Å²) in [6, 6.07) is 5.71. The van der Waals surface area contributed by atoms with Gasteiger partial charge in [0.15, 0.2) is 17.5 Å². The van der Waals surface area contributed by atoms with Crippen LogP contribution in [0, 0.1) is 0 Å². The van der Waals surface area contributed by atoms with E-state index in [9.17, 15) is 0 Å². The molecule has 0 spiro atoms. The van der Waals surface area contributed by atoms with Crippen LogP contribution >= 0.6 is 0 Å². The van der Waals surface area contributed by atoms with E-state index < -0.39 is 0 Å². The number of nitrogens with one attached hydrogen (secondary N) is 1. The molecule has 0 bridgehead atoms. The van der Waals surface area contributed by atoms with Gasteiger partial charge in [0.05, 0.1) is 25.4 Å². The maximum atomic E-state index is 6.05. The third kappa shape index (κ3) is 4.12. The first kappa shape index (κ1) is 16.9. The van der Waals surface area contributed by atoms with Crippen molar-refractivity contribution in [3.8, 4) is 11.5 Å². The molecule has 6 nitrogen and oxygen atoms in total. The summed E-state index contributed by atoms with van der Waals surface area (Å²) in [5, 5.41) is 3.13. The minimum Gasteiger partial charge on any atom is -0.490 e. The molecular formula is C18H27N3O3. The lowest BCUT2D eigenvalue weighted by atomic mass is 9.85. The lowest BCUT2D eigenvalue weighted by Crippen LogP contribution is -2.38. The molecule has 0 atom stereocenters. The van der Waals surface area contributed by atoms with Gasteiger partial charge >= 0.3 is 0 Å². The van der Waals surface area contributed by atoms with Gasteiger partial charge in [0.2, 0.25) is 0 Å². The van der Waals surface area contributed by atoms with Crippen LogP contribution in [-0.2, 0) is 4.74 Å². The molecule has 0 radical (unpaired) electrons. The van der Waals surface area contributed by atoms with Crippen molar-refractivity contribution in [2.24, 2.45) is 10.7 Å². The van der Waals surface area contributed by atoms with E-state index in [1.165, 1.54) is 19.3 Å². The second-order valence-corrected chi connectivity index (χ2v) is 6.49. The van der Waals surface area contributed by atoms with Gasteiger partial charge in [0.1, 0.15) is 0 Å². The van der Waals surface area contributed by atoms with Gasteiger partial charge in [-0.15, -0.1) is 0 Å². The maximum absolute atomic E-state index is 6.05. The van der Waals surface area contributed by atoms with Crippen molar-refractivity contribution in [2.75, 3.05) is 32.2 Å². The highest BCUT2D eigenvalue weighted by atomic mass is 16.5. The number of benzene rings is 1. The van der Waals surface area contributed by atoms with Gasteiger partial charge < -0.3 is 25.3 Å². The average molecular weight is 333 g/mol. The number of nitrogens with two attached hydrogens (primary N) is 1. The number of guanidine groups is 1. The molecule has 1 aliphatic heterocycles. The Hall–Kier alpha value is -1.95. The molecule has 1 aromatic carbocycles. The molecule has 3 rings (SSSR count). The Morgan fingerprint density at radius 3 is 2.67 bits per heavy atom. The van der Waals surface area contributed by atoms with E-state index >= 15 is 0 Å². The molecule has 1 saturated carbocycles. The molecule has 2 aliphatic rings. The monoisotopic (exact) mass is 333 g/mol. The molecule has 1 heterocycles. The van der Waals surface area contributed by atoms with Crippen LogP contribution in [0.1, 0.15) is 38.5 Å². The molecule has 3 N–H and O–H groups in total. The van der Waals surface area contributed by atoms with Crippen LogP contribution in [0.15, 0.2) is 23.2 Å². The van der Waals surface area contributed by atoms with Crippen molar-refractivity contribution in [3.05, 3.63) is 18.2 Å². The zero-order valence-corrected chi connectivity index (χ0v) is 14.3. The third-order valence-electron chi connectivity index (χ3n) is 4.76. The molecule has 0 aromatic heterocycles. The molecule has 0 saturated heterocycles. The molecule has 132 valence electrons. The smallest absolute Gasteiger partial charge is 0.193 e. The molecule has 1 aromatic rings. The molecule has 6 heteroatoms. The zero-order chi connectivity index (χ0) is 16.8. The summed E-state index contributed by atoms with van der Waals surface area (Å²) in [5.41, 5.74) is 6.74. The molecule has 0 unspecified atom stereocenters. The standard InChI is InChI=1S/C18H27N3O3/c1-22-18(8-3-2-4-9-18)13-20-17(19)21-14-6-7-15-16(12-14)24-11-5-10-23-15/h6-7,12H,2-5,8-11,13H2,1H3,(H3,19,20,21). The van der Waals surface area contributed by atoms with Crippen LogP contribution in [0.4, 0.5) is 5.69 Å². The quantitative estimate of drug-likeness (QED) is 0.654. The summed E-state index contributed by atoms with van der Waals surface area (Å²) in [7, 11) is 1.77. The Morgan fingerprint density at radius 2 is 1.92 bits per heavy atom. The largest absolute Gasteiger partial charge is 0.490 e. The highest BCUT2D eigenvalue weighted by Gasteiger charge is 2.31. The number of nitrogens with zero attached hydrogens (tertiary/aromatic N) is 1. The SMILES string of the molecule is COC1(CN=C(N)Nc2ccc3c(c2)OCCCO3)CCCCC1. The Bertz CT molecular complexity index is 583. The molecule has 1 fully saturated rings. The topological polar surface area (TPSA) is 78.1 Å². The van der Waals surface area contributed by atoms with Crippen molar-refractivity contribution in [3.63, 3.8) is 0 Å². The fraction of sp³-hybridized carbons (Fsp3) is 0.611. The number of ether oxygens (including phenoxy) is 3. The Balaban J connectivity index is 1.63. The zero-order valence-electron chi connectivity index (χ0n) is 14.3. The van der Waals surface area contributed by atoms with Crippen LogP contribution < -0.4 is 20.5 Å². The van der Waals surface area contributed by atoms with Crippen molar-refractivity contribution in [1.29, 1.82) is 0 Å². The highest BCUT2D eigenvalue weighted by molar-refractivity contribution is 5.92. The van der Waals surface area contributed by atoms with Gasteiger partial charge in [-0.3, -0.25) is 4.99 Å². The van der Waals surface area contributed by atoms with E-state index in [1.807, 2.05) is 18.2 Å². The number of rotatable bonds is 4. The Labute approximate surface area is 143 Å². The second-order valence-electron chi connectivity index (χ2n) is 6.49. The van der Waals surface area contributed by atoms with Crippen LogP contribution in [0.25, 0.3) is 0 Å². The van der Waals surface area contributed by atoms with Crippen molar-refractivity contribution >= 4 is 11.6 Å². The summed E-state index contributed by atoms with van der Waals surface area (Å²) in [5.74, 6) is 1.91. The fourth-order valence-electron chi connectivity index (χ4n) is 3.28. The minimum atomic E-state index is -0.157. The number of fused-ring (bicyclic) bond motifs is 1. The first-order chi connectivity index (χ1) is 11.7. The predicted molar refractivity (Wildman–Crippen MR) is 95.0 cm³/mol. The first-order valence-corrected chi connectivity index (χ1v) is 8.73. The normalized spacial score (nSPS) is 20.3. The van der Waals surface area contributed by atoms with Crippen molar-refractivity contribution < 1.29 is 14.2 Å². The van der Waals surface area contributed by atoms with E-state index in [2.05, 4.69) is 10.3 Å². The average Bonchev–Trinajstić information content (AvgIpc) is 2.86. The van der Waals surface area contributed by atoms with Gasteiger partial charge in [-0.25, -0.2) is 0 Å². The first-order valence-electron chi connectivity index (χ1n) is 8.73. The van der Waals surface area contributed by atoms with E-state index in [-0.39, 0.29) is 5.60 Å². The van der Waals surface area contributed by atoms with E-state index in [0.29, 0.717) is 25.7 Å². The Kier molecular flexibility index (Phi) is 5.45. The van der Waals surface area contributed by atoms with Gasteiger partial charge in [-0.1, -0.05) is 19.3 Å². The summed E-state index contributed by atoms with van der Waals surface area (Å²) >= 11 is 0. The molecule has 24 heavy (non-hydrogen) atoms. The van der Waals surface area contributed by atoms with Crippen LogP contribution in [0.5, 0.6) is 11.5 Å². The summed E-state index contributed by atoms with van der Waals surface area (Å²) in [4.78, 5) is 4.50. The number of anilines is 1. The van der Waals surface area contributed by atoms with Gasteiger partial charge in [0.25, 0.3) is 0 Å². The van der Waals surface area contributed by atoms with E-state index in [1.54, 1.807) is 7.11 Å². The van der Waals surface area contributed by atoms with Crippen LogP contribution in [0.3, 0.4) is 0 Å². The number of hydrogen-bond donors (Lipinski definition) is 2. The van der Waals surface area contributed by atoms with E-state index in [0.717, 1.165) is 36.4 Å². The number of aliphatic imine (C=N–C) groups is 1. The van der Waals surface area contributed by atoms with Gasteiger partial charge in [-0.05, 0) is 25.0 Å². The molecule has 1 aliphatic carbocycles. The lowest BCUT2D eigenvalue weighted by Gasteiger charge is -2.34. The minimum absolute atomic E-state index is 0.157. The van der Waals surface area contributed by atoms with Gasteiger partial charge in [0, 0.05) is 25.3 Å². The molecule has 0 amide bonds. The second kappa shape index (κ2) is 7.75. The van der Waals surface area contributed by atoms with Crippen LogP contribution in [-0.4, -0.2) is 38.4 Å².